The molecule has 0 aliphatic carbocycles. The van der Waals surface area contributed by atoms with Crippen LogP contribution in [0.25, 0.3) is 0 Å². The van der Waals surface area contributed by atoms with Gasteiger partial charge in [0, 0.05) is 7.11 Å². The van der Waals surface area contributed by atoms with Gasteiger partial charge in [0.05, 0.1) is 0 Å². The normalized spacial score (nSPS) is 10.5. The molecule has 0 spiro atoms. The van der Waals surface area contributed by atoms with Gasteiger partial charge in [-0.1, -0.05) is 0 Å². The molecule has 3 heteroatoms. The van der Waals surface area contributed by atoms with Crippen LogP contribution in [-0.4, -0.2) is 21.9 Å². The molecule has 0 aromatic carbocycles. The van der Waals surface area contributed by atoms with E-state index in [2.05, 4.69) is 4.43 Å². The van der Waals surface area contributed by atoms with Crippen molar-refractivity contribution in [3.05, 3.63) is 0 Å². The molecule has 0 heterocycles. The fourth-order valence-corrected chi connectivity index (χ4v) is 0. The first-order valence-corrected chi connectivity index (χ1v) is 2.22. The second kappa shape index (κ2) is 3.14. The Morgan fingerprint density at radius 1 is 2.00 bits per heavy atom. The fraction of sp³-hybridized carbons (Fsp3) is 1.00. The molecule has 0 unspecified atom stereocenters. The molecule has 0 fully saturated rings. The highest BCUT2D eigenvalue weighted by Crippen LogP contribution is 1.40. The highest BCUT2D eigenvalue weighted by molar-refractivity contribution is 6.15. The minimum Gasteiger partial charge on any atom is -0.415 e. The van der Waals surface area contributed by atoms with Crippen LogP contribution in [0.5, 0.6) is 0 Å². The Morgan fingerprint density at radius 2 is 2.25 bits per heavy atom. The van der Waals surface area contributed by atoms with E-state index in [1.807, 2.05) is 0 Å². The minimum atomic E-state index is -1.08. The zero-order valence-corrected chi connectivity index (χ0v) is 3.98. The summed E-state index contributed by atoms with van der Waals surface area (Å²) in [5, 5.41) is 0. The molecular formula is CH6O2Si. The zero-order chi connectivity index (χ0) is 3.41. The summed E-state index contributed by atoms with van der Waals surface area (Å²) in [6.07, 6.45) is 0. The Hall–Kier alpha value is 0.137. The van der Waals surface area contributed by atoms with Gasteiger partial charge in [-0.25, -0.2) is 0 Å². The third-order valence-electron chi connectivity index (χ3n) is 0.129. The van der Waals surface area contributed by atoms with E-state index in [-0.39, 0.29) is 0 Å². The van der Waals surface area contributed by atoms with Crippen LogP contribution >= 0.6 is 0 Å². The SMILES string of the molecule is CO[SiH2]O. The van der Waals surface area contributed by atoms with Gasteiger partial charge in [0.2, 0.25) is 0 Å². The van der Waals surface area contributed by atoms with E-state index in [1.165, 1.54) is 7.11 Å². The maximum absolute atomic E-state index is 7.79. The first-order valence-electron chi connectivity index (χ1n) is 1.01. The molecule has 0 aliphatic heterocycles. The van der Waals surface area contributed by atoms with Crippen LogP contribution in [-0.2, 0) is 4.43 Å². The number of rotatable bonds is 1. The first-order chi connectivity index (χ1) is 1.91. The van der Waals surface area contributed by atoms with E-state index in [9.17, 15) is 0 Å². The fourth-order valence-electron chi connectivity index (χ4n) is 0. The van der Waals surface area contributed by atoms with Gasteiger partial charge in [-0.2, -0.15) is 0 Å². The van der Waals surface area contributed by atoms with Gasteiger partial charge >= 0.3 is 10.0 Å². The molecule has 26 valence electrons. The van der Waals surface area contributed by atoms with Crippen LogP contribution in [0.2, 0.25) is 0 Å². The summed E-state index contributed by atoms with van der Waals surface area (Å²) in [5.41, 5.74) is 0. The molecule has 0 radical (unpaired) electrons. The Balaban J connectivity index is 1.97. The second-order valence-electron chi connectivity index (χ2n) is 0.418. The molecule has 4 heavy (non-hydrogen) atoms. The molecule has 0 saturated carbocycles. The topological polar surface area (TPSA) is 29.5 Å². The van der Waals surface area contributed by atoms with E-state index in [1.54, 1.807) is 0 Å². The average Bonchev–Trinajstić information content (AvgIpc) is 1.37. The van der Waals surface area contributed by atoms with E-state index in [0.29, 0.717) is 0 Å². The van der Waals surface area contributed by atoms with Crippen molar-refractivity contribution in [3.63, 3.8) is 0 Å². The van der Waals surface area contributed by atoms with Crippen LogP contribution in [0.1, 0.15) is 0 Å². The largest absolute Gasteiger partial charge is 0.415 e. The van der Waals surface area contributed by atoms with Crippen LogP contribution in [0.4, 0.5) is 0 Å². The molecule has 2 nitrogen and oxygen atoms in total. The molecule has 0 aromatic heterocycles. The summed E-state index contributed by atoms with van der Waals surface area (Å²) in [5.74, 6) is 0. The van der Waals surface area contributed by atoms with Gasteiger partial charge in [-0.3, -0.25) is 0 Å². The van der Waals surface area contributed by atoms with Crippen LogP contribution < -0.4 is 0 Å². The quantitative estimate of drug-likeness (QED) is 0.392. The summed E-state index contributed by atoms with van der Waals surface area (Å²) in [6, 6.07) is 0. The third kappa shape index (κ3) is 2.14. The Morgan fingerprint density at radius 3 is 2.25 bits per heavy atom. The van der Waals surface area contributed by atoms with Crippen molar-refractivity contribution in [2.45, 2.75) is 0 Å². The summed E-state index contributed by atoms with van der Waals surface area (Å²) in [6.45, 7) is 0. The van der Waals surface area contributed by atoms with Gasteiger partial charge in [0.15, 0.2) is 0 Å². The van der Waals surface area contributed by atoms with Crippen LogP contribution in [0.15, 0.2) is 0 Å². The average molecular weight is 78.1 g/mol. The van der Waals surface area contributed by atoms with Gasteiger partial charge in [0.25, 0.3) is 0 Å². The van der Waals surface area contributed by atoms with Crippen molar-refractivity contribution in [3.8, 4) is 0 Å². The minimum absolute atomic E-state index is 1.08. The molecule has 0 bridgehead atoms. The lowest BCUT2D eigenvalue weighted by molar-refractivity contribution is 0.360. The highest BCUT2D eigenvalue weighted by Gasteiger charge is 1.57. The molecule has 0 rings (SSSR count). The maximum Gasteiger partial charge on any atom is 0.301 e. The van der Waals surface area contributed by atoms with Crippen molar-refractivity contribution in [2.24, 2.45) is 0 Å². The van der Waals surface area contributed by atoms with Gasteiger partial charge < -0.3 is 9.22 Å². The number of hydrogen-bond acceptors (Lipinski definition) is 2. The van der Waals surface area contributed by atoms with Crippen molar-refractivity contribution in [1.82, 2.24) is 0 Å². The Labute approximate surface area is 27.5 Å². The first kappa shape index (κ1) is 4.14. The lowest BCUT2D eigenvalue weighted by atomic mass is 11.8. The van der Waals surface area contributed by atoms with E-state index >= 15 is 0 Å². The zero-order valence-electron chi connectivity index (χ0n) is 2.56. The summed E-state index contributed by atoms with van der Waals surface area (Å²) in [4.78, 5) is 7.79. The van der Waals surface area contributed by atoms with Gasteiger partial charge in [-0.05, 0) is 0 Å². The predicted molar refractivity (Wildman–Crippen MR) is 17.8 cm³/mol. The second-order valence-corrected chi connectivity index (χ2v) is 1.25. The van der Waals surface area contributed by atoms with E-state index < -0.39 is 10.0 Å². The van der Waals surface area contributed by atoms with E-state index in [4.69, 9.17) is 4.80 Å². The Bertz CT molecular complexity index is 8.00. The van der Waals surface area contributed by atoms with Gasteiger partial charge in [0.1, 0.15) is 0 Å². The van der Waals surface area contributed by atoms with E-state index in [0.717, 1.165) is 0 Å². The molecular weight excluding hydrogens is 72.1 g/mol. The standard InChI is InChI=1S/CH6O2Si/c1-3-4-2/h2H,4H2,1H3. The van der Waals surface area contributed by atoms with Crippen molar-refractivity contribution in [1.29, 1.82) is 0 Å². The molecule has 0 aliphatic rings. The monoisotopic (exact) mass is 78.0 g/mol. The lowest BCUT2D eigenvalue weighted by Crippen LogP contribution is -1.86. The lowest BCUT2D eigenvalue weighted by Gasteiger charge is -1.74. The maximum atomic E-state index is 7.79. The molecule has 0 atom stereocenters. The van der Waals surface area contributed by atoms with Gasteiger partial charge in [-0.15, -0.1) is 0 Å². The smallest absolute Gasteiger partial charge is 0.301 e. The Kier molecular flexibility index (Phi) is 3.24. The summed E-state index contributed by atoms with van der Waals surface area (Å²) < 4.78 is 4.24. The van der Waals surface area contributed by atoms with Crippen molar-refractivity contribution < 1.29 is 9.22 Å². The summed E-state index contributed by atoms with van der Waals surface area (Å²) >= 11 is 0. The van der Waals surface area contributed by atoms with Crippen LogP contribution in [0.3, 0.4) is 0 Å². The molecule has 0 saturated heterocycles. The van der Waals surface area contributed by atoms with Crippen molar-refractivity contribution >= 4 is 10.0 Å². The molecule has 0 aromatic rings. The predicted octanol–water partition coefficient (Wildman–Crippen LogP) is -1.38. The molecule has 1 N–H and O–H groups in total. The van der Waals surface area contributed by atoms with Crippen LogP contribution in [0, 0.1) is 0 Å². The highest BCUT2D eigenvalue weighted by atomic mass is 28.2. The third-order valence-corrected chi connectivity index (χ3v) is 0.387. The number of hydrogen-bond donors (Lipinski definition) is 1. The van der Waals surface area contributed by atoms with Crippen molar-refractivity contribution in [2.75, 3.05) is 7.11 Å². The summed E-state index contributed by atoms with van der Waals surface area (Å²) in [7, 11) is 0.417. The molecule has 0 amide bonds.